The van der Waals surface area contributed by atoms with Crippen LogP contribution in [-0.2, 0) is 12.4 Å². The molecule has 0 aliphatic carbocycles. The maximum Gasteiger partial charge on any atom is 0.433 e. The highest BCUT2D eigenvalue weighted by Gasteiger charge is 2.34. The van der Waals surface area contributed by atoms with Gasteiger partial charge in [-0.15, -0.1) is 0 Å². The number of pyridine rings is 2. The molecular weight excluding hydrogens is 425 g/mol. The molecule has 0 radical (unpaired) electrons. The van der Waals surface area contributed by atoms with Crippen LogP contribution in [0.25, 0.3) is 33.3 Å². The second-order valence-electron chi connectivity index (χ2n) is 6.66. The van der Waals surface area contributed by atoms with Crippen molar-refractivity contribution in [2.24, 2.45) is 0 Å². The van der Waals surface area contributed by atoms with Crippen LogP contribution < -0.4 is 0 Å². The van der Waals surface area contributed by atoms with Crippen molar-refractivity contribution in [2.75, 3.05) is 0 Å². The molecule has 2 nitrogen and oxygen atoms in total. The minimum atomic E-state index is -4.69. The Kier molecular flexibility index (Phi) is 4.91. The maximum absolute atomic E-state index is 14.5. The maximum atomic E-state index is 14.5. The van der Waals surface area contributed by atoms with Crippen molar-refractivity contribution in [3.05, 3.63) is 83.9 Å². The lowest BCUT2D eigenvalue weighted by atomic mass is 9.94. The molecule has 4 aromatic rings. The summed E-state index contributed by atoms with van der Waals surface area (Å²) in [4.78, 5) is 7.37. The highest BCUT2D eigenvalue weighted by atomic mass is 19.4. The summed E-state index contributed by atoms with van der Waals surface area (Å²) in [7, 11) is 0. The van der Waals surface area contributed by atoms with Crippen LogP contribution in [0.5, 0.6) is 0 Å². The third-order valence-corrected chi connectivity index (χ3v) is 4.69. The zero-order chi connectivity index (χ0) is 22.4. The predicted molar refractivity (Wildman–Crippen MR) is 100 cm³/mol. The van der Waals surface area contributed by atoms with Crippen LogP contribution in [0.3, 0.4) is 0 Å². The van der Waals surface area contributed by atoms with E-state index in [1.807, 2.05) is 0 Å². The first-order valence-corrected chi connectivity index (χ1v) is 8.85. The number of halogens is 7. The molecule has 0 saturated heterocycles. The van der Waals surface area contributed by atoms with Gasteiger partial charge in [0.05, 0.1) is 5.56 Å². The van der Waals surface area contributed by atoms with Gasteiger partial charge in [0.25, 0.3) is 0 Å². The van der Waals surface area contributed by atoms with Crippen LogP contribution in [0.15, 0.2) is 66.9 Å². The van der Waals surface area contributed by atoms with E-state index in [0.29, 0.717) is 11.1 Å². The van der Waals surface area contributed by atoms with Gasteiger partial charge in [0.2, 0.25) is 0 Å². The topological polar surface area (TPSA) is 25.8 Å². The first-order chi connectivity index (χ1) is 14.6. The summed E-state index contributed by atoms with van der Waals surface area (Å²) in [6.45, 7) is 0. The molecule has 2 aromatic heterocycles. The summed E-state index contributed by atoms with van der Waals surface area (Å²) in [5.74, 6) is -0.865. The van der Waals surface area contributed by atoms with Crippen LogP contribution in [0, 0.1) is 5.82 Å². The number of nitrogens with zero attached hydrogens (tertiary/aromatic N) is 2. The van der Waals surface area contributed by atoms with Gasteiger partial charge < -0.3 is 0 Å². The molecule has 0 fully saturated rings. The molecule has 0 saturated carbocycles. The molecule has 2 heterocycles. The van der Waals surface area contributed by atoms with Gasteiger partial charge in [-0.25, -0.2) is 14.4 Å². The Labute approximate surface area is 171 Å². The fourth-order valence-electron chi connectivity index (χ4n) is 3.30. The van der Waals surface area contributed by atoms with Gasteiger partial charge >= 0.3 is 12.4 Å². The normalized spacial score (nSPS) is 12.4. The number of hydrogen-bond acceptors (Lipinski definition) is 2. The molecule has 0 amide bonds. The van der Waals surface area contributed by atoms with Gasteiger partial charge in [0.1, 0.15) is 11.5 Å². The van der Waals surface area contributed by atoms with Crippen LogP contribution in [0.4, 0.5) is 30.7 Å². The van der Waals surface area contributed by atoms with Gasteiger partial charge in [-0.3, -0.25) is 0 Å². The van der Waals surface area contributed by atoms with E-state index >= 15 is 0 Å². The van der Waals surface area contributed by atoms with Crippen molar-refractivity contribution in [1.82, 2.24) is 9.97 Å². The molecular formula is C22H11F7N2. The summed E-state index contributed by atoms with van der Waals surface area (Å²) in [6, 6.07) is 11.6. The molecule has 0 aliphatic rings. The summed E-state index contributed by atoms with van der Waals surface area (Å²) in [5, 5.41) is 0.247. The first-order valence-electron chi connectivity index (χ1n) is 8.85. The van der Waals surface area contributed by atoms with E-state index in [2.05, 4.69) is 9.97 Å². The van der Waals surface area contributed by atoms with Gasteiger partial charge in [0.15, 0.2) is 5.65 Å². The van der Waals surface area contributed by atoms with Gasteiger partial charge in [-0.05, 0) is 53.1 Å². The average Bonchev–Trinajstić information content (AvgIpc) is 2.72. The van der Waals surface area contributed by atoms with Crippen LogP contribution in [-0.4, -0.2) is 9.97 Å². The Hall–Kier alpha value is -3.49. The first kappa shape index (κ1) is 20.8. The van der Waals surface area contributed by atoms with E-state index in [9.17, 15) is 30.7 Å². The minimum Gasteiger partial charge on any atom is -0.237 e. The van der Waals surface area contributed by atoms with Gasteiger partial charge in [-0.1, -0.05) is 24.3 Å². The molecule has 4 rings (SSSR count). The van der Waals surface area contributed by atoms with Crippen molar-refractivity contribution in [1.29, 1.82) is 0 Å². The van der Waals surface area contributed by atoms with Crippen molar-refractivity contribution < 1.29 is 30.7 Å². The third kappa shape index (κ3) is 3.95. The molecule has 158 valence electrons. The summed E-state index contributed by atoms with van der Waals surface area (Å²) in [6.07, 6.45) is -8.12. The quantitative estimate of drug-likeness (QED) is 0.312. The third-order valence-electron chi connectivity index (χ3n) is 4.69. The fourth-order valence-corrected chi connectivity index (χ4v) is 3.30. The van der Waals surface area contributed by atoms with E-state index < -0.39 is 29.4 Å². The Morgan fingerprint density at radius 2 is 1.42 bits per heavy atom. The molecule has 0 unspecified atom stereocenters. The molecule has 9 heteroatoms. The van der Waals surface area contributed by atoms with E-state index in [-0.39, 0.29) is 22.2 Å². The minimum absolute atomic E-state index is 0.186. The summed E-state index contributed by atoms with van der Waals surface area (Å²) >= 11 is 0. The number of benzene rings is 2. The largest absolute Gasteiger partial charge is 0.433 e. The van der Waals surface area contributed by atoms with E-state index in [4.69, 9.17) is 0 Å². The smallest absolute Gasteiger partial charge is 0.237 e. The van der Waals surface area contributed by atoms with E-state index in [1.54, 1.807) is 0 Å². The zero-order valence-electron chi connectivity index (χ0n) is 15.4. The monoisotopic (exact) mass is 436 g/mol. The van der Waals surface area contributed by atoms with Crippen LogP contribution >= 0.6 is 0 Å². The lowest BCUT2D eigenvalue weighted by molar-refractivity contribution is -0.141. The van der Waals surface area contributed by atoms with Crippen LogP contribution in [0.2, 0.25) is 0 Å². The highest BCUT2D eigenvalue weighted by molar-refractivity contribution is 5.93. The Balaban J connectivity index is 1.90. The SMILES string of the molecule is Fc1ccc(-c2ccnc3nc(C(F)(F)F)ccc23)cc1-c1ccccc1C(F)(F)F. The molecule has 0 spiro atoms. The molecule has 31 heavy (non-hydrogen) atoms. The number of alkyl halides is 6. The molecule has 0 atom stereocenters. The molecule has 0 aliphatic heterocycles. The van der Waals surface area contributed by atoms with Gasteiger partial charge in [0, 0.05) is 17.1 Å². The van der Waals surface area contributed by atoms with Gasteiger partial charge in [-0.2, -0.15) is 26.3 Å². The predicted octanol–water partition coefficient (Wildman–Crippen LogP) is 7.14. The van der Waals surface area contributed by atoms with Crippen molar-refractivity contribution >= 4 is 11.0 Å². The Bertz CT molecular complexity index is 1280. The van der Waals surface area contributed by atoms with Crippen LogP contribution in [0.1, 0.15) is 11.3 Å². The standard InChI is InChI=1S/C22H11F7N2/c23-18-7-5-12(11-16(18)14-3-1-2-4-17(14)21(24,25)26)13-9-10-30-20-15(13)6-8-19(31-20)22(27,28)29/h1-11H. The average molecular weight is 436 g/mol. The zero-order valence-corrected chi connectivity index (χ0v) is 15.4. The van der Waals surface area contributed by atoms with E-state index in [0.717, 1.165) is 24.3 Å². The lowest BCUT2D eigenvalue weighted by Gasteiger charge is -2.15. The second kappa shape index (κ2) is 7.33. The second-order valence-corrected chi connectivity index (χ2v) is 6.66. The Morgan fingerprint density at radius 1 is 0.677 bits per heavy atom. The summed E-state index contributed by atoms with van der Waals surface area (Å²) < 4.78 is 93.5. The fraction of sp³-hybridized carbons (Fsp3) is 0.0909. The molecule has 0 N–H and O–H groups in total. The number of rotatable bonds is 2. The highest BCUT2D eigenvalue weighted by Crippen LogP contribution is 2.40. The number of fused-ring (bicyclic) bond motifs is 1. The van der Waals surface area contributed by atoms with Crippen molar-refractivity contribution in [3.63, 3.8) is 0 Å². The van der Waals surface area contributed by atoms with E-state index in [1.165, 1.54) is 42.6 Å². The van der Waals surface area contributed by atoms with Crippen molar-refractivity contribution in [3.8, 4) is 22.3 Å². The Morgan fingerprint density at radius 3 is 2.13 bits per heavy atom. The number of aromatic nitrogens is 2. The van der Waals surface area contributed by atoms with Crippen molar-refractivity contribution in [2.45, 2.75) is 12.4 Å². The molecule has 0 bridgehead atoms. The summed E-state index contributed by atoms with van der Waals surface area (Å²) in [5.41, 5.74) is -2.26. The molecule has 2 aromatic carbocycles. The lowest BCUT2D eigenvalue weighted by Crippen LogP contribution is -2.08. The number of hydrogen-bond donors (Lipinski definition) is 0.